The van der Waals surface area contributed by atoms with Crippen molar-refractivity contribution < 1.29 is 18.8 Å². The minimum atomic E-state index is -0.301. The van der Waals surface area contributed by atoms with Crippen LogP contribution in [0.15, 0.2) is 10.6 Å². The Morgan fingerprint density at radius 2 is 2.04 bits per heavy atom. The molecule has 2 N–H and O–H groups in total. The average molecular weight is 393 g/mol. The maximum atomic E-state index is 12.6. The van der Waals surface area contributed by atoms with E-state index in [1.54, 1.807) is 11.0 Å². The first-order chi connectivity index (χ1) is 13.5. The van der Waals surface area contributed by atoms with E-state index in [1.165, 1.54) is 0 Å². The normalized spacial score (nSPS) is 25.1. The topological polar surface area (TPSA) is 96.7 Å². The SMILES string of the molecule is Cc1cc(CNC(=O)[C@@H]2CCC[C@@H](NC3CCOCC3)CN(C)C(=O)C2)no1. The predicted octanol–water partition coefficient (Wildman–Crippen LogP) is 1.39. The molecule has 3 rings (SSSR count). The van der Waals surface area contributed by atoms with Crippen molar-refractivity contribution in [2.45, 2.75) is 64.1 Å². The minimum Gasteiger partial charge on any atom is -0.381 e. The van der Waals surface area contributed by atoms with Crippen molar-refractivity contribution >= 4 is 11.8 Å². The standard InChI is InChI=1S/C20H32N4O4/c1-14-10-18(23-28-14)12-21-20(26)15-4-3-5-17(13-24(2)19(25)11-15)22-16-6-8-27-9-7-16/h10,15-17,22H,3-9,11-13H2,1-2H3,(H,21,26)/t15-,17-/m1/s1. The van der Waals surface area contributed by atoms with E-state index in [1.807, 2.05) is 14.0 Å². The van der Waals surface area contributed by atoms with Crippen molar-refractivity contribution in [1.29, 1.82) is 0 Å². The molecule has 0 unspecified atom stereocenters. The van der Waals surface area contributed by atoms with E-state index in [4.69, 9.17) is 9.26 Å². The summed E-state index contributed by atoms with van der Waals surface area (Å²) in [5.41, 5.74) is 0.693. The molecule has 8 nitrogen and oxygen atoms in total. The summed E-state index contributed by atoms with van der Waals surface area (Å²) in [5, 5.41) is 10.5. The van der Waals surface area contributed by atoms with Gasteiger partial charge in [-0.25, -0.2) is 0 Å². The second-order valence-electron chi connectivity index (χ2n) is 8.00. The minimum absolute atomic E-state index is 0.0260. The van der Waals surface area contributed by atoms with Crippen LogP contribution in [0.25, 0.3) is 0 Å². The molecule has 0 spiro atoms. The molecule has 2 amide bonds. The van der Waals surface area contributed by atoms with Crippen molar-refractivity contribution in [2.24, 2.45) is 5.92 Å². The summed E-state index contributed by atoms with van der Waals surface area (Å²) < 4.78 is 10.5. The van der Waals surface area contributed by atoms with E-state index in [-0.39, 0.29) is 30.2 Å². The lowest BCUT2D eigenvalue weighted by Gasteiger charge is -2.30. The molecular formula is C20H32N4O4. The molecule has 0 bridgehead atoms. The second-order valence-corrected chi connectivity index (χ2v) is 8.00. The van der Waals surface area contributed by atoms with E-state index in [0.29, 0.717) is 30.6 Å². The van der Waals surface area contributed by atoms with Gasteiger partial charge in [0.1, 0.15) is 11.5 Å². The lowest BCUT2D eigenvalue weighted by molar-refractivity contribution is -0.135. The van der Waals surface area contributed by atoms with Gasteiger partial charge in [-0.2, -0.15) is 0 Å². The monoisotopic (exact) mass is 392 g/mol. The second kappa shape index (κ2) is 10.0. The number of hydrogen-bond donors (Lipinski definition) is 2. The van der Waals surface area contributed by atoms with Gasteiger partial charge in [0.25, 0.3) is 0 Å². The highest BCUT2D eigenvalue weighted by atomic mass is 16.5. The van der Waals surface area contributed by atoms with Crippen LogP contribution in [0.3, 0.4) is 0 Å². The zero-order valence-corrected chi connectivity index (χ0v) is 16.9. The van der Waals surface area contributed by atoms with Crippen molar-refractivity contribution in [3.63, 3.8) is 0 Å². The Labute approximate surface area is 166 Å². The van der Waals surface area contributed by atoms with Gasteiger partial charge < -0.3 is 24.8 Å². The van der Waals surface area contributed by atoms with Gasteiger partial charge in [-0.15, -0.1) is 0 Å². The summed E-state index contributed by atoms with van der Waals surface area (Å²) >= 11 is 0. The number of likely N-dealkylation sites (N-methyl/N-ethyl adjacent to an activating group) is 1. The van der Waals surface area contributed by atoms with Crippen LogP contribution in [0.1, 0.15) is 50.0 Å². The molecule has 1 aromatic rings. The zero-order valence-electron chi connectivity index (χ0n) is 16.9. The fourth-order valence-corrected chi connectivity index (χ4v) is 3.98. The number of carbonyl (C=O) groups is 2. The molecule has 0 aliphatic carbocycles. The van der Waals surface area contributed by atoms with Gasteiger partial charge in [0.15, 0.2) is 0 Å². The quantitative estimate of drug-likeness (QED) is 0.786. The average Bonchev–Trinajstić information content (AvgIpc) is 3.12. The largest absolute Gasteiger partial charge is 0.381 e. The number of nitrogens with zero attached hydrogens (tertiary/aromatic N) is 2. The van der Waals surface area contributed by atoms with Crippen LogP contribution in [-0.4, -0.2) is 60.8 Å². The zero-order chi connectivity index (χ0) is 19.9. The number of hydrogen-bond acceptors (Lipinski definition) is 6. The Hall–Kier alpha value is -1.93. The maximum Gasteiger partial charge on any atom is 0.223 e. The summed E-state index contributed by atoms with van der Waals surface area (Å²) in [6.07, 6.45) is 4.88. The molecular weight excluding hydrogens is 360 g/mol. The molecule has 0 aromatic carbocycles. The third kappa shape index (κ3) is 6.04. The Kier molecular flexibility index (Phi) is 7.44. The summed E-state index contributed by atoms with van der Waals surface area (Å²) in [6, 6.07) is 2.51. The molecule has 2 fully saturated rings. The summed E-state index contributed by atoms with van der Waals surface area (Å²) in [5.74, 6) is 0.354. The van der Waals surface area contributed by atoms with Crippen molar-refractivity contribution in [1.82, 2.24) is 20.7 Å². The number of amides is 2. The summed E-state index contributed by atoms with van der Waals surface area (Å²) in [4.78, 5) is 27.0. The van der Waals surface area contributed by atoms with Crippen LogP contribution >= 0.6 is 0 Å². The molecule has 1 aromatic heterocycles. The molecule has 0 saturated carbocycles. The van der Waals surface area contributed by atoms with E-state index in [2.05, 4.69) is 15.8 Å². The van der Waals surface area contributed by atoms with Gasteiger partial charge in [0.2, 0.25) is 11.8 Å². The Morgan fingerprint density at radius 1 is 1.25 bits per heavy atom. The van der Waals surface area contributed by atoms with E-state index < -0.39 is 0 Å². The molecule has 0 radical (unpaired) electrons. The van der Waals surface area contributed by atoms with Crippen LogP contribution in [-0.2, 0) is 20.9 Å². The highest BCUT2D eigenvalue weighted by Gasteiger charge is 2.28. The van der Waals surface area contributed by atoms with Crippen molar-refractivity contribution in [2.75, 3.05) is 26.8 Å². The fraction of sp³-hybridized carbons (Fsp3) is 0.750. The van der Waals surface area contributed by atoms with Gasteiger partial charge in [-0.1, -0.05) is 11.6 Å². The van der Waals surface area contributed by atoms with E-state index in [0.717, 1.165) is 45.3 Å². The highest BCUT2D eigenvalue weighted by molar-refractivity contribution is 5.85. The first-order valence-electron chi connectivity index (χ1n) is 10.3. The van der Waals surface area contributed by atoms with Gasteiger partial charge in [0, 0.05) is 57.3 Å². The molecule has 28 heavy (non-hydrogen) atoms. The molecule has 2 aliphatic rings. The lowest BCUT2D eigenvalue weighted by Crippen LogP contribution is -2.47. The van der Waals surface area contributed by atoms with Crippen LogP contribution in [0.4, 0.5) is 0 Å². The molecule has 8 heteroatoms. The van der Waals surface area contributed by atoms with Crippen LogP contribution in [0.5, 0.6) is 0 Å². The summed E-state index contributed by atoms with van der Waals surface area (Å²) in [6.45, 7) is 4.42. The number of ether oxygens (including phenoxy) is 1. The maximum absolute atomic E-state index is 12.6. The molecule has 156 valence electrons. The highest BCUT2D eigenvalue weighted by Crippen LogP contribution is 2.20. The molecule has 2 atom stereocenters. The molecule has 2 saturated heterocycles. The van der Waals surface area contributed by atoms with Crippen LogP contribution < -0.4 is 10.6 Å². The number of rotatable bonds is 5. The van der Waals surface area contributed by atoms with E-state index in [9.17, 15) is 9.59 Å². The Bertz CT molecular complexity index is 656. The van der Waals surface area contributed by atoms with Crippen molar-refractivity contribution in [3.8, 4) is 0 Å². The number of aryl methyl sites for hydroxylation is 1. The van der Waals surface area contributed by atoms with Gasteiger partial charge >= 0.3 is 0 Å². The Balaban J connectivity index is 1.53. The number of carbonyl (C=O) groups excluding carboxylic acids is 2. The lowest BCUT2D eigenvalue weighted by atomic mass is 9.96. The Morgan fingerprint density at radius 3 is 2.75 bits per heavy atom. The molecule has 3 heterocycles. The van der Waals surface area contributed by atoms with E-state index >= 15 is 0 Å². The third-order valence-electron chi connectivity index (χ3n) is 5.63. The third-order valence-corrected chi connectivity index (χ3v) is 5.63. The summed E-state index contributed by atoms with van der Waals surface area (Å²) in [7, 11) is 1.83. The van der Waals surface area contributed by atoms with Gasteiger partial charge in [-0.3, -0.25) is 9.59 Å². The first kappa shape index (κ1) is 20.8. The van der Waals surface area contributed by atoms with Gasteiger partial charge in [-0.05, 0) is 32.6 Å². The smallest absolute Gasteiger partial charge is 0.223 e. The van der Waals surface area contributed by atoms with Crippen molar-refractivity contribution in [3.05, 3.63) is 17.5 Å². The number of nitrogens with one attached hydrogen (secondary N) is 2. The predicted molar refractivity (Wildman–Crippen MR) is 103 cm³/mol. The molecule has 2 aliphatic heterocycles. The first-order valence-corrected chi connectivity index (χ1v) is 10.3. The van der Waals surface area contributed by atoms with Crippen LogP contribution in [0, 0.1) is 12.8 Å². The van der Waals surface area contributed by atoms with Crippen LogP contribution in [0.2, 0.25) is 0 Å². The van der Waals surface area contributed by atoms with Gasteiger partial charge in [0.05, 0.1) is 6.54 Å². The number of aromatic nitrogens is 1. The fourth-order valence-electron chi connectivity index (χ4n) is 3.98.